The van der Waals surface area contributed by atoms with E-state index in [4.69, 9.17) is 16.3 Å². The minimum atomic E-state index is -0.629. The number of amides is 1. The molecule has 2 rings (SSSR count). The first-order valence-corrected chi connectivity index (χ1v) is 6.93. The first kappa shape index (κ1) is 15.3. The maximum atomic E-state index is 12.1. The van der Waals surface area contributed by atoms with Gasteiger partial charge in [-0.05, 0) is 44.5 Å². The number of hydrogen-bond acceptors (Lipinski definition) is 4. The molecule has 1 aromatic carbocycles. The number of nitrogens with one attached hydrogen (secondary N) is 2. The van der Waals surface area contributed by atoms with Gasteiger partial charge in [0.05, 0.1) is 6.04 Å². The summed E-state index contributed by atoms with van der Waals surface area (Å²) < 4.78 is 5.66. The van der Waals surface area contributed by atoms with E-state index in [0.717, 1.165) is 5.56 Å². The van der Waals surface area contributed by atoms with Gasteiger partial charge in [-0.25, -0.2) is 4.98 Å². The van der Waals surface area contributed by atoms with Gasteiger partial charge in [-0.3, -0.25) is 9.89 Å². The second-order valence-electron chi connectivity index (χ2n) is 4.77. The third-order valence-electron chi connectivity index (χ3n) is 3.01. The molecular formula is C14H17ClN4O2. The molecule has 1 aromatic heterocycles. The van der Waals surface area contributed by atoms with Crippen molar-refractivity contribution in [3.63, 3.8) is 0 Å². The molecule has 0 aliphatic heterocycles. The Balaban J connectivity index is 1.96. The number of H-pyrrole nitrogens is 1. The second-order valence-corrected chi connectivity index (χ2v) is 5.21. The fourth-order valence-corrected chi connectivity index (χ4v) is 2.04. The van der Waals surface area contributed by atoms with Crippen LogP contribution >= 0.6 is 11.6 Å². The maximum absolute atomic E-state index is 12.1. The number of aromatic nitrogens is 3. The predicted octanol–water partition coefficient (Wildman–Crippen LogP) is 2.41. The summed E-state index contributed by atoms with van der Waals surface area (Å²) >= 11 is 5.89. The van der Waals surface area contributed by atoms with E-state index < -0.39 is 6.10 Å². The van der Waals surface area contributed by atoms with E-state index in [1.54, 1.807) is 25.1 Å². The van der Waals surface area contributed by atoms with E-state index in [0.29, 0.717) is 16.6 Å². The van der Waals surface area contributed by atoms with Gasteiger partial charge < -0.3 is 10.1 Å². The highest BCUT2D eigenvalue weighted by molar-refractivity contribution is 6.30. The van der Waals surface area contributed by atoms with Crippen molar-refractivity contribution in [1.29, 1.82) is 0 Å². The van der Waals surface area contributed by atoms with Crippen LogP contribution in [-0.2, 0) is 4.79 Å². The predicted molar refractivity (Wildman–Crippen MR) is 79.2 cm³/mol. The Bertz CT molecular complexity index is 615. The standard InChI is InChI=1S/C14H17ClN4O2/c1-8-6-11(15)4-5-12(8)21-10(3)14(20)18-9(2)13-16-7-17-19-13/h4-7,9-10H,1-3H3,(H,18,20)(H,16,17,19). The minimum absolute atomic E-state index is 0.228. The molecular weight excluding hydrogens is 292 g/mol. The Kier molecular flexibility index (Phi) is 4.80. The summed E-state index contributed by atoms with van der Waals surface area (Å²) in [5.41, 5.74) is 0.880. The lowest BCUT2D eigenvalue weighted by Gasteiger charge is -2.18. The van der Waals surface area contributed by atoms with Gasteiger partial charge in [0, 0.05) is 5.02 Å². The van der Waals surface area contributed by atoms with Crippen LogP contribution in [0.5, 0.6) is 5.75 Å². The van der Waals surface area contributed by atoms with Crippen LogP contribution in [0.4, 0.5) is 0 Å². The first-order valence-electron chi connectivity index (χ1n) is 6.56. The largest absolute Gasteiger partial charge is 0.481 e. The summed E-state index contributed by atoms with van der Waals surface area (Å²) in [5, 5.41) is 9.91. The number of rotatable bonds is 5. The van der Waals surface area contributed by atoms with Crippen LogP contribution in [0.25, 0.3) is 0 Å². The zero-order valence-corrected chi connectivity index (χ0v) is 12.8. The SMILES string of the molecule is Cc1cc(Cl)ccc1OC(C)C(=O)NC(C)c1ncn[nH]1. The van der Waals surface area contributed by atoms with Gasteiger partial charge in [0.25, 0.3) is 5.91 Å². The maximum Gasteiger partial charge on any atom is 0.261 e. The van der Waals surface area contributed by atoms with Crippen LogP contribution in [-0.4, -0.2) is 27.2 Å². The van der Waals surface area contributed by atoms with Crippen LogP contribution < -0.4 is 10.1 Å². The third-order valence-corrected chi connectivity index (χ3v) is 3.25. The lowest BCUT2D eigenvalue weighted by molar-refractivity contribution is -0.128. The molecule has 0 aliphatic rings. The fraction of sp³-hybridized carbons (Fsp3) is 0.357. The number of carbonyl (C=O) groups is 1. The number of aryl methyl sites for hydroxylation is 1. The number of aromatic amines is 1. The Morgan fingerprint density at radius 1 is 1.43 bits per heavy atom. The van der Waals surface area contributed by atoms with Crippen molar-refractivity contribution in [1.82, 2.24) is 20.5 Å². The number of nitrogens with zero attached hydrogens (tertiary/aromatic N) is 2. The highest BCUT2D eigenvalue weighted by Crippen LogP contribution is 2.23. The van der Waals surface area contributed by atoms with Crippen molar-refractivity contribution < 1.29 is 9.53 Å². The van der Waals surface area contributed by atoms with Gasteiger partial charge in [-0.1, -0.05) is 11.6 Å². The van der Waals surface area contributed by atoms with Crippen LogP contribution in [0.2, 0.25) is 5.02 Å². The lowest BCUT2D eigenvalue weighted by atomic mass is 10.2. The van der Waals surface area contributed by atoms with Crippen molar-refractivity contribution in [2.75, 3.05) is 0 Å². The molecule has 0 radical (unpaired) electrons. The number of carbonyl (C=O) groups excluding carboxylic acids is 1. The Morgan fingerprint density at radius 2 is 2.19 bits per heavy atom. The molecule has 0 fully saturated rings. The second kappa shape index (κ2) is 6.58. The van der Waals surface area contributed by atoms with Crippen molar-refractivity contribution in [3.8, 4) is 5.75 Å². The fourth-order valence-electron chi connectivity index (χ4n) is 1.81. The lowest BCUT2D eigenvalue weighted by Crippen LogP contribution is -2.38. The molecule has 0 bridgehead atoms. The van der Waals surface area contributed by atoms with E-state index in [2.05, 4.69) is 20.5 Å². The molecule has 2 atom stereocenters. The zero-order valence-electron chi connectivity index (χ0n) is 12.1. The van der Waals surface area contributed by atoms with Crippen molar-refractivity contribution >= 4 is 17.5 Å². The van der Waals surface area contributed by atoms with Gasteiger partial charge in [-0.15, -0.1) is 0 Å². The summed E-state index contributed by atoms with van der Waals surface area (Å²) in [6, 6.07) is 5.00. The van der Waals surface area contributed by atoms with E-state index in [-0.39, 0.29) is 11.9 Å². The Hall–Kier alpha value is -2.08. The molecule has 2 N–H and O–H groups in total. The topological polar surface area (TPSA) is 79.9 Å². The molecule has 0 saturated heterocycles. The van der Waals surface area contributed by atoms with Crippen molar-refractivity contribution in [2.24, 2.45) is 0 Å². The number of ether oxygens (including phenoxy) is 1. The van der Waals surface area contributed by atoms with E-state index in [9.17, 15) is 4.79 Å². The summed E-state index contributed by atoms with van der Waals surface area (Å²) in [5.74, 6) is 1.00. The monoisotopic (exact) mass is 308 g/mol. The molecule has 6 nitrogen and oxygen atoms in total. The molecule has 2 unspecified atom stereocenters. The molecule has 0 spiro atoms. The number of hydrogen-bond donors (Lipinski definition) is 2. The highest BCUT2D eigenvalue weighted by atomic mass is 35.5. The van der Waals surface area contributed by atoms with Crippen LogP contribution in [0.1, 0.15) is 31.3 Å². The molecule has 1 heterocycles. The summed E-state index contributed by atoms with van der Waals surface area (Å²) in [6.45, 7) is 5.39. The van der Waals surface area contributed by atoms with Gasteiger partial charge in [0.15, 0.2) is 6.10 Å². The quantitative estimate of drug-likeness (QED) is 0.889. The van der Waals surface area contributed by atoms with Gasteiger partial charge >= 0.3 is 0 Å². The smallest absolute Gasteiger partial charge is 0.261 e. The molecule has 7 heteroatoms. The molecule has 112 valence electrons. The van der Waals surface area contributed by atoms with E-state index in [1.807, 2.05) is 13.8 Å². The third kappa shape index (κ3) is 3.95. The number of halogens is 1. The average Bonchev–Trinajstić information content (AvgIpc) is 2.95. The van der Waals surface area contributed by atoms with E-state index >= 15 is 0 Å². The Labute approximate surface area is 127 Å². The van der Waals surface area contributed by atoms with Gasteiger partial charge in [0.2, 0.25) is 0 Å². The minimum Gasteiger partial charge on any atom is -0.481 e. The molecule has 1 amide bonds. The number of benzene rings is 1. The van der Waals surface area contributed by atoms with Crippen LogP contribution in [0.3, 0.4) is 0 Å². The van der Waals surface area contributed by atoms with Crippen LogP contribution in [0.15, 0.2) is 24.5 Å². The molecule has 0 saturated carbocycles. The molecule has 0 aliphatic carbocycles. The summed E-state index contributed by atoms with van der Waals surface area (Å²) in [4.78, 5) is 16.1. The molecule has 2 aromatic rings. The van der Waals surface area contributed by atoms with E-state index in [1.165, 1.54) is 6.33 Å². The van der Waals surface area contributed by atoms with Gasteiger partial charge in [0.1, 0.15) is 17.9 Å². The van der Waals surface area contributed by atoms with Crippen LogP contribution in [0, 0.1) is 6.92 Å². The normalized spacial score (nSPS) is 13.5. The van der Waals surface area contributed by atoms with Crippen molar-refractivity contribution in [2.45, 2.75) is 32.9 Å². The summed E-state index contributed by atoms with van der Waals surface area (Å²) in [7, 11) is 0. The Morgan fingerprint density at radius 3 is 2.81 bits per heavy atom. The highest BCUT2D eigenvalue weighted by Gasteiger charge is 2.19. The summed E-state index contributed by atoms with van der Waals surface area (Å²) in [6.07, 6.45) is 0.768. The zero-order chi connectivity index (χ0) is 15.4. The van der Waals surface area contributed by atoms with Gasteiger partial charge in [-0.2, -0.15) is 5.10 Å². The van der Waals surface area contributed by atoms with Crippen molar-refractivity contribution in [3.05, 3.63) is 40.9 Å². The average molecular weight is 309 g/mol. The first-order chi connectivity index (χ1) is 9.97. The molecule has 21 heavy (non-hydrogen) atoms.